The molecule has 0 spiro atoms. The van der Waals surface area contributed by atoms with E-state index in [0.717, 1.165) is 25.7 Å². The number of phenols is 1. The van der Waals surface area contributed by atoms with Crippen LogP contribution in [-0.2, 0) is 4.79 Å². The van der Waals surface area contributed by atoms with Crippen LogP contribution in [0.4, 0.5) is 0 Å². The number of rotatable bonds is 4. The van der Waals surface area contributed by atoms with Gasteiger partial charge in [0.25, 0.3) is 5.91 Å². The first-order valence-electron chi connectivity index (χ1n) is 7.53. The number of nitrogens with one attached hydrogen (secondary N) is 1. The highest BCUT2D eigenvalue weighted by molar-refractivity contribution is 6.30. The van der Waals surface area contributed by atoms with Crippen molar-refractivity contribution < 1.29 is 14.7 Å². The summed E-state index contributed by atoms with van der Waals surface area (Å²) in [7, 11) is 0. The number of amides is 2. The first-order chi connectivity index (χ1) is 10.5. The predicted octanol–water partition coefficient (Wildman–Crippen LogP) is 2.57. The van der Waals surface area contributed by atoms with Crippen LogP contribution in [0.2, 0.25) is 5.02 Å². The molecule has 1 aromatic carbocycles. The van der Waals surface area contributed by atoms with Crippen LogP contribution in [0.15, 0.2) is 18.2 Å². The molecule has 0 aliphatic carbocycles. The number of benzene rings is 1. The van der Waals surface area contributed by atoms with Crippen molar-refractivity contribution in [1.29, 1.82) is 0 Å². The van der Waals surface area contributed by atoms with Crippen LogP contribution in [0, 0.1) is 0 Å². The van der Waals surface area contributed by atoms with Gasteiger partial charge in [-0.1, -0.05) is 11.6 Å². The van der Waals surface area contributed by atoms with E-state index in [1.807, 2.05) is 0 Å². The summed E-state index contributed by atoms with van der Waals surface area (Å²) in [6.07, 6.45) is 3.66. The zero-order chi connectivity index (χ0) is 16.1. The van der Waals surface area contributed by atoms with Crippen molar-refractivity contribution in [1.82, 2.24) is 10.2 Å². The Balaban J connectivity index is 2.09. The number of hydrogen-bond donors (Lipinski definition) is 2. The summed E-state index contributed by atoms with van der Waals surface area (Å²) in [6.45, 7) is 2.71. The minimum absolute atomic E-state index is 0.0657. The minimum atomic E-state index is -0.179. The maximum absolute atomic E-state index is 12.7. The molecule has 1 aliphatic rings. The Bertz CT molecular complexity index is 562. The highest BCUT2D eigenvalue weighted by Crippen LogP contribution is 2.27. The van der Waals surface area contributed by atoms with Gasteiger partial charge >= 0.3 is 0 Å². The Morgan fingerprint density at radius 1 is 1.41 bits per heavy atom. The zero-order valence-corrected chi connectivity index (χ0v) is 13.4. The van der Waals surface area contributed by atoms with E-state index >= 15 is 0 Å². The Kier molecular flexibility index (Phi) is 5.66. The second-order valence-corrected chi connectivity index (χ2v) is 6.02. The third kappa shape index (κ3) is 4.13. The number of carbonyl (C=O) groups is 2. The number of likely N-dealkylation sites (tertiary alicyclic amines) is 1. The Morgan fingerprint density at radius 2 is 2.18 bits per heavy atom. The number of nitrogens with zero attached hydrogens (tertiary/aromatic N) is 1. The lowest BCUT2D eigenvalue weighted by Crippen LogP contribution is -2.45. The van der Waals surface area contributed by atoms with Crippen LogP contribution < -0.4 is 5.32 Å². The summed E-state index contributed by atoms with van der Waals surface area (Å²) >= 11 is 5.81. The molecule has 2 rings (SSSR count). The molecule has 6 heteroatoms. The molecule has 0 radical (unpaired) electrons. The average molecular weight is 325 g/mol. The molecular formula is C16H21ClN2O3. The average Bonchev–Trinajstić information content (AvgIpc) is 2.47. The monoisotopic (exact) mass is 324 g/mol. The molecular weight excluding hydrogens is 304 g/mol. The number of piperidine rings is 1. The van der Waals surface area contributed by atoms with Gasteiger partial charge in [-0.2, -0.15) is 0 Å². The van der Waals surface area contributed by atoms with Crippen molar-refractivity contribution in [2.75, 3.05) is 13.1 Å². The van der Waals surface area contributed by atoms with E-state index in [1.54, 1.807) is 17.0 Å². The van der Waals surface area contributed by atoms with E-state index in [0.29, 0.717) is 18.1 Å². The lowest BCUT2D eigenvalue weighted by Gasteiger charge is -2.36. The Labute approximate surface area is 135 Å². The SMILES string of the molecule is CC(=O)NCC[C@@H]1CCCCN1C(=O)c1ccc(Cl)cc1O. The zero-order valence-electron chi connectivity index (χ0n) is 12.6. The van der Waals surface area contributed by atoms with Crippen molar-refractivity contribution in [3.05, 3.63) is 28.8 Å². The van der Waals surface area contributed by atoms with Gasteiger partial charge in [-0.25, -0.2) is 0 Å². The number of carbonyl (C=O) groups excluding carboxylic acids is 2. The fraction of sp³-hybridized carbons (Fsp3) is 0.500. The second kappa shape index (κ2) is 7.49. The van der Waals surface area contributed by atoms with E-state index in [9.17, 15) is 14.7 Å². The molecule has 5 nitrogen and oxygen atoms in total. The van der Waals surface area contributed by atoms with Crippen LogP contribution in [0.25, 0.3) is 0 Å². The third-order valence-corrected chi connectivity index (χ3v) is 4.16. The van der Waals surface area contributed by atoms with E-state index < -0.39 is 0 Å². The highest BCUT2D eigenvalue weighted by atomic mass is 35.5. The van der Waals surface area contributed by atoms with Crippen LogP contribution in [-0.4, -0.2) is 41.0 Å². The van der Waals surface area contributed by atoms with Crippen LogP contribution in [0.1, 0.15) is 43.0 Å². The van der Waals surface area contributed by atoms with E-state index in [1.165, 1.54) is 13.0 Å². The fourth-order valence-corrected chi connectivity index (χ4v) is 2.99. The first-order valence-corrected chi connectivity index (χ1v) is 7.90. The quantitative estimate of drug-likeness (QED) is 0.894. The highest BCUT2D eigenvalue weighted by Gasteiger charge is 2.28. The van der Waals surface area contributed by atoms with Gasteiger partial charge in [0.2, 0.25) is 5.91 Å². The van der Waals surface area contributed by atoms with Crippen LogP contribution in [0.3, 0.4) is 0 Å². The molecule has 0 aromatic heterocycles. The summed E-state index contributed by atoms with van der Waals surface area (Å²) in [4.78, 5) is 25.4. The number of phenolic OH excluding ortho intramolecular Hbond substituents is 1. The first kappa shape index (κ1) is 16.6. The molecule has 0 unspecified atom stereocenters. The third-order valence-electron chi connectivity index (χ3n) is 3.93. The van der Waals surface area contributed by atoms with Crippen LogP contribution in [0.5, 0.6) is 5.75 Å². The normalized spacial score (nSPS) is 18.1. The summed E-state index contributed by atoms with van der Waals surface area (Å²) in [6, 6.07) is 4.62. The lowest BCUT2D eigenvalue weighted by molar-refractivity contribution is -0.119. The van der Waals surface area contributed by atoms with Gasteiger partial charge in [-0.05, 0) is 43.9 Å². The standard InChI is InChI=1S/C16H21ClN2O3/c1-11(20)18-8-7-13-4-2-3-9-19(13)16(22)14-6-5-12(17)10-15(14)21/h5-6,10,13,21H,2-4,7-9H2,1H3,(H,18,20)/t13-/m0/s1. The van der Waals surface area contributed by atoms with Crippen molar-refractivity contribution in [3.8, 4) is 5.75 Å². The molecule has 1 heterocycles. The molecule has 2 amide bonds. The van der Waals surface area contributed by atoms with Gasteiger partial charge in [0.15, 0.2) is 0 Å². The van der Waals surface area contributed by atoms with Gasteiger partial charge in [0, 0.05) is 31.1 Å². The van der Waals surface area contributed by atoms with E-state index in [4.69, 9.17) is 11.6 Å². The summed E-state index contributed by atoms with van der Waals surface area (Å²) in [5.74, 6) is -0.339. The number of halogens is 1. The molecule has 0 bridgehead atoms. The van der Waals surface area contributed by atoms with Crippen molar-refractivity contribution in [2.24, 2.45) is 0 Å². The number of hydrogen-bond acceptors (Lipinski definition) is 3. The van der Waals surface area contributed by atoms with E-state index in [-0.39, 0.29) is 29.2 Å². The molecule has 22 heavy (non-hydrogen) atoms. The molecule has 1 fully saturated rings. The summed E-state index contributed by atoms with van der Waals surface area (Å²) in [5, 5.41) is 13.1. The van der Waals surface area contributed by atoms with Crippen LogP contribution >= 0.6 is 11.6 Å². The van der Waals surface area contributed by atoms with Crippen molar-refractivity contribution in [2.45, 2.75) is 38.6 Å². The molecule has 1 atom stereocenters. The Hall–Kier alpha value is -1.75. The molecule has 120 valence electrons. The van der Waals surface area contributed by atoms with Crippen molar-refractivity contribution >= 4 is 23.4 Å². The van der Waals surface area contributed by atoms with Gasteiger partial charge in [0.1, 0.15) is 5.75 Å². The summed E-state index contributed by atoms with van der Waals surface area (Å²) < 4.78 is 0. The van der Waals surface area contributed by atoms with Gasteiger partial charge in [-0.15, -0.1) is 0 Å². The Morgan fingerprint density at radius 3 is 2.86 bits per heavy atom. The maximum Gasteiger partial charge on any atom is 0.257 e. The second-order valence-electron chi connectivity index (χ2n) is 5.58. The maximum atomic E-state index is 12.7. The predicted molar refractivity (Wildman–Crippen MR) is 85.1 cm³/mol. The molecule has 2 N–H and O–H groups in total. The molecule has 1 saturated heterocycles. The smallest absolute Gasteiger partial charge is 0.257 e. The van der Waals surface area contributed by atoms with Gasteiger partial charge < -0.3 is 15.3 Å². The minimum Gasteiger partial charge on any atom is -0.507 e. The number of aromatic hydroxyl groups is 1. The molecule has 1 aliphatic heterocycles. The van der Waals surface area contributed by atoms with Gasteiger partial charge in [-0.3, -0.25) is 9.59 Å². The fourth-order valence-electron chi connectivity index (χ4n) is 2.82. The largest absolute Gasteiger partial charge is 0.507 e. The van der Waals surface area contributed by atoms with Gasteiger partial charge in [0.05, 0.1) is 5.56 Å². The van der Waals surface area contributed by atoms with E-state index in [2.05, 4.69) is 5.32 Å². The molecule has 1 aromatic rings. The topological polar surface area (TPSA) is 69.6 Å². The lowest BCUT2D eigenvalue weighted by atomic mass is 9.98. The summed E-state index contributed by atoms with van der Waals surface area (Å²) in [5.41, 5.74) is 0.274. The van der Waals surface area contributed by atoms with Crippen molar-refractivity contribution in [3.63, 3.8) is 0 Å². The molecule has 0 saturated carbocycles.